The van der Waals surface area contributed by atoms with Crippen molar-refractivity contribution < 1.29 is 28.6 Å². The highest BCUT2D eigenvalue weighted by Crippen LogP contribution is 2.72. The van der Waals surface area contributed by atoms with Gasteiger partial charge in [0.15, 0.2) is 5.41 Å². The monoisotopic (exact) mass is 414 g/mol. The van der Waals surface area contributed by atoms with E-state index in [-0.39, 0.29) is 25.6 Å². The third-order valence-electron chi connectivity index (χ3n) is 6.42. The third-order valence-corrected chi connectivity index (χ3v) is 6.42. The van der Waals surface area contributed by atoms with Crippen molar-refractivity contribution in [3.8, 4) is 5.75 Å². The molecule has 2 fully saturated rings. The lowest BCUT2D eigenvalue weighted by Gasteiger charge is -2.28. The number of ether oxygens (including phenoxy) is 3. The predicted octanol–water partition coefficient (Wildman–Crippen LogP) is 3.99. The van der Waals surface area contributed by atoms with Gasteiger partial charge in [0.25, 0.3) is 0 Å². The van der Waals surface area contributed by atoms with Gasteiger partial charge in [-0.25, -0.2) is 4.79 Å². The van der Waals surface area contributed by atoms with Crippen LogP contribution in [0.15, 0.2) is 24.3 Å². The van der Waals surface area contributed by atoms with E-state index >= 15 is 0 Å². The number of hydrogen-bond acceptors (Lipinski definition) is 6. The number of benzene rings is 1. The molecule has 3 rings (SSSR count). The summed E-state index contributed by atoms with van der Waals surface area (Å²) in [5.41, 5.74) is 1.14. The summed E-state index contributed by atoms with van der Waals surface area (Å²) in [7, 11) is 0. The van der Waals surface area contributed by atoms with Crippen molar-refractivity contribution in [1.82, 2.24) is 0 Å². The molecular weight excluding hydrogens is 384 g/mol. The molecule has 0 N–H and O–H groups in total. The maximum absolute atomic E-state index is 13.0. The van der Waals surface area contributed by atoms with E-state index in [4.69, 9.17) is 14.2 Å². The summed E-state index contributed by atoms with van der Waals surface area (Å²) in [5, 5.41) is 0. The highest BCUT2D eigenvalue weighted by molar-refractivity contribution is 6.02. The van der Waals surface area contributed by atoms with Gasteiger partial charge in [-0.15, -0.1) is 0 Å². The average Bonchev–Trinajstić information content (AvgIpc) is 3.25. The van der Waals surface area contributed by atoms with Gasteiger partial charge in [-0.05, 0) is 70.9 Å². The first-order valence-electron chi connectivity index (χ1n) is 10.4. The number of esters is 3. The molecule has 0 aromatic heterocycles. The molecule has 0 bridgehead atoms. The van der Waals surface area contributed by atoms with Gasteiger partial charge in [-0.2, -0.15) is 0 Å². The molecule has 1 aromatic rings. The van der Waals surface area contributed by atoms with Gasteiger partial charge in [0.1, 0.15) is 5.75 Å². The van der Waals surface area contributed by atoms with Crippen molar-refractivity contribution >= 4 is 17.9 Å². The molecule has 0 aliphatic heterocycles. The Kier molecular flexibility index (Phi) is 5.81. The van der Waals surface area contributed by atoms with Gasteiger partial charge < -0.3 is 14.2 Å². The quantitative estimate of drug-likeness (QED) is 0.291. The number of carbonyl (C=O) groups excluding carboxylic acids is 3. The summed E-state index contributed by atoms with van der Waals surface area (Å²) in [5.74, 6) is -1.15. The molecule has 0 spiro atoms. The van der Waals surface area contributed by atoms with Crippen molar-refractivity contribution in [1.29, 1.82) is 0 Å². The van der Waals surface area contributed by atoms with Crippen LogP contribution in [0, 0.1) is 37.5 Å². The van der Waals surface area contributed by atoms with Crippen LogP contribution in [0.5, 0.6) is 5.75 Å². The molecule has 2 atom stereocenters. The molecule has 2 saturated carbocycles. The summed E-state index contributed by atoms with van der Waals surface area (Å²) in [6.07, 6.45) is 1.18. The number of carbonyl (C=O) groups is 3. The van der Waals surface area contributed by atoms with E-state index < -0.39 is 28.7 Å². The molecule has 6 nitrogen and oxygen atoms in total. The Morgan fingerprint density at radius 2 is 1.53 bits per heavy atom. The number of fused-ring (bicyclic) bond motifs is 1. The smallest absolute Gasteiger partial charge is 0.339 e. The summed E-state index contributed by atoms with van der Waals surface area (Å²) >= 11 is 0. The van der Waals surface area contributed by atoms with E-state index in [0.717, 1.165) is 16.7 Å². The number of hydrogen-bond donors (Lipinski definition) is 0. The fraction of sp³-hybridized carbons (Fsp3) is 0.542. The van der Waals surface area contributed by atoms with Crippen LogP contribution in [0.3, 0.4) is 0 Å². The average molecular weight is 414 g/mol. The van der Waals surface area contributed by atoms with Gasteiger partial charge in [-0.1, -0.05) is 24.3 Å². The third kappa shape index (κ3) is 3.53. The fourth-order valence-corrected chi connectivity index (χ4v) is 4.99. The van der Waals surface area contributed by atoms with Gasteiger partial charge in [0, 0.05) is 11.0 Å². The molecule has 0 radical (unpaired) electrons. The molecule has 2 aliphatic carbocycles. The second kappa shape index (κ2) is 7.89. The second-order valence-electron chi connectivity index (χ2n) is 8.56. The lowest BCUT2D eigenvalue weighted by atomic mass is 9.79. The molecule has 162 valence electrons. The molecule has 6 heteroatoms. The maximum Gasteiger partial charge on any atom is 0.339 e. The van der Waals surface area contributed by atoms with Crippen LogP contribution in [-0.4, -0.2) is 31.1 Å². The van der Waals surface area contributed by atoms with Crippen molar-refractivity contribution in [3.63, 3.8) is 0 Å². The molecule has 0 saturated heterocycles. The Labute approximate surface area is 177 Å². The Hall–Kier alpha value is -2.63. The minimum atomic E-state index is -1.38. The zero-order valence-corrected chi connectivity index (χ0v) is 18.4. The van der Waals surface area contributed by atoms with Crippen molar-refractivity contribution in [2.75, 3.05) is 13.2 Å². The first-order valence-corrected chi connectivity index (χ1v) is 10.4. The second-order valence-corrected chi connectivity index (χ2v) is 8.56. The Bertz CT molecular complexity index is 873. The Morgan fingerprint density at radius 3 is 2.03 bits per heavy atom. The number of aryl methyl sites for hydroxylation is 3. The first-order chi connectivity index (χ1) is 14.1. The lowest BCUT2D eigenvalue weighted by Crippen LogP contribution is -2.42. The Morgan fingerprint density at radius 1 is 1.00 bits per heavy atom. The molecule has 0 heterocycles. The molecule has 30 heavy (non-hydrogen) atoms. The molecule has 0 amide bonds. The van der Waals surface area contributed by atoms with E-state index in [1.807, 2.05) is 32.9 Å². The fourth-order valence-electron chi connectivity index (χ4n) is 4.99. The van der Waals surface area contributed by atoms with Crippen molar-refractivity contribution in [3.05, 3.63) is 41.0 Å². The predicted molar refractivity (Wildman–Crippen MR) is 111 cm³/mol. The molecule has 2 unspecified atom stereocenters. The van der Waals surface area contributed by atoms with Crippen LogP contribution in [0.25, 0.3) is 0 Å². The largest absolute Gasteiger partial charge is 0.465 e. The van der Waals surface area contributed by atoms with Crippen LogP contribution < -0.4 is 4.74 Å². The van der Waals surface area contributed by atoms with Gasteiger partial charge in [0.2, 0.25) is 0 Å². The minimum absolute atomic E-state index is 0.00609. The zero-order valence-electron chi connectivity index (χ0n) is 18.4. The lowest BCUT2D eigenvalue weighted by molar-refractivity contribution is -0.173. The summed E-state index contributed by atoms with van der Waals surface area (Å²) < 4.78 is 16.1. The highest BCUT2D eigenvalue weighted by Gasteiger charge is 2.73. The molecule has 1 aromatic carbocycles. The SMILES string of the molecule is C=C(C(=O)Oc1c(C)cc(C)cc1C)C12CC1CC(C(=O)OCC)(C(=O)OCC)C2. The van der Waals surface area contributed by atoms with Gasteiger partial charge in [-0.3, -0.25) is 9.59 Å². The maximum atomic E-state index is 13.0. The van der Waals surface area contributed by atoms with Crippen molar-refractivity contribution in [2.45, 2.75) is 53.9 Å². The zero-order chi connectivity index (χ0) is 22.3. The summed E-state index contributed by atoms with van der Waals surface area (Å²) in [6, 6.07) is 3.91. The standard InChI is InChI=1S/C24H30O6/c1-7-28-21(26)24(22(27)29-8-2)12-18-11-23(18,13-24)17(6)20(25)30-19-15(4)9-14(3)10-16(19)5/h9-10,18H,6-8,11-13H2,1-5H3. The normalized spacial score (nSPS) is 23.3. The number of rotatable bonds is 7. The van der Waals surface area contributed by atoms with E-state index in [9.17, 15) is 14.4 Å². The highest BCUT2D eigenvalue weighted by atomic mass is 16.6. The molecule has 2 aliphatic rings. The van der Waals surface area contributed by atoms with Crippen LogP contribution in [0.2, 0.25) is 0 Å². The van der Waals surface area contributed by atoms with E-state index in [2.05, 4.69) is 6.58 Å². The van der Waals surface area contributed by atoms with Crippen LogP contribution >= 0.6 is 0 Å². The van der Waals surface area contributed by atoms with E-state index in [1.165, 1.54) is 0 Å². The van der Waals surface area contributed by atoms with Crippen LogP contribution in [-0.2, 0) is 23.9 Å². The topological polar surface area (TPSA) is 78.9 Å². The summed E-state index contributed by atoms with van der Waals surface area (Å²) in [4.78, 5) is 38.4. The molecular formula is C24H30O6. The first kappa shape index (κ1) is 22.1. The van der Waals surface area contributed by atoms with Gasteiger partial charge >= 0.3 is 17.9 Å². The van der Waals surface area contributed by atoms with Gasteiger partial charge in [0.05, 0.1) is 13.2 Å². The minimum Gasteiger partial charge on any atom is -0.465 e. The van der Waals surface area contributed by atoms with E-state index in [0.29, 0.717) is 24.2 Å². The van der Waals surface area contributed by atoms with Crippen LogP contribution in [0.4, 0.5) is 0 Å². The Balaban J connectivity index is 1.83. The summed E-state index contributed by atoms with van der Waals surface area (Å²) in [6.45, 7) is 13.5. The van der Waals surface area contributed by atoms with Crippen molar-refractivity contribution in [2.24, 2.45) is 16.7 Å². The van der Waals surface area contributed by atoms with E-state index in [1.54, 1.807) is 13.8 Å². The van der Waals surface area contributed by atoms with Crippen LogP contribution in [0.1, 0.15) is 49.8 Å².